The molecule has 0 saturated heterocycles. The lowest BCUT2D eigenvalue weighted by Gasteiger charge is -2.13. The zero-order chi connectivity index (χ0) is 24.2. The van der Waals surface area contributed by atoms with Crippen LogP contribution in [-0.4, -0.2) is 26.8 Å². The van der Waals surface area contributed by atoms with E-state index in [4.69, 9.17) is 0 Å². The van der Waals surface area contributed by atoms with Crippen molar-refractivity contribution in [3.05, 3.63) is 88.7 Å². The van der Waals surface area contributed by atoms with Crippen LogP contribution < -0.4 is 15.4 Å². The molecule has 0 aliphatic rings. The molecule has 3 rings (SSSR count). The molecule has 33 heavy (non-hydrogen) atoms. The van der Waals surface area contributed by atoms with Crippen LogP contribution in [0.25, 0.3) is 0 Å². The fourth-order valence-corrected chi connectivity index (χ4v) is 4.30. The number of nitrogens with one attached hydrogen (secondary N) is 3. The van der Waals surface area contributed by atoms with Crippen LogP contribution in [0.4, 0.5) is 15.8 Å². The number of aryl methyl sites for hydroxylation is 3. The predicted octanol–water partition coefficient (Wildman–Crippen LogP) is 3.92. The minimum absolute atomic E-state index is 0.0891. The molecule has 3 aromatic carbocycles. The molecular weight excluding hydrogens is 445 g/mol. The van der Waals surface area contributed by atoms with Gasteiger partial charge in [0.05, 0.1) is 17.1 Å². The second-order valence-corrected chi connectivity index (χ2v) is 9.24. The van der Waals surface area contributed by atoms with Gasteiger partial charge < -0.3 is 10.6 Å². The van der Waals surface area contributed by atoms with Gasteiger partial charge in [-0.2, -0.15) is 0 Å². The first-order chi connectivity index (χ1) is 15.6. The highest BCUT2D eigenvalue weighted by molar-refractivity contribution is 7.92. The molecule has 0 fully saturated rings. The molecule has 0 saturated carbocycles. The molecule has 0 spiro atoms. The van der Waals surface area contributed by atoms with E-state index in [1.165, 1.54) is 36.4 Å². The molecule has 0 unspecified atom stereocenters. The minimum atomic E-state index is -4.14. The Hall–Kier alpha value is -3.72. The van der Waals surface area contributed by atoms with Crippen LogP contribution in [0.15, 0.2) is 65.6 Å². The van der Waals surface area contributed by atoms with Crippen molar-refractivity contribution in [1.82, 2.24) is 5.32 Å². The van der Waals surface area contributed by atoms with Crippen molar-refractivity contribution in [3.8, 4) is 0 Å². The Kier molecular flexibility index (Phi) is 7.13. The van der Waals surface area contributed by atoms with E-state index in [0.29, 0.717) is 11.3 Å². The second kappa shape index (κ2) is 9.83. The highest BCUT2D eigenvalue weighted by Gasteiger charge is 2.20. The number of anilines is 2. The van der Waals surface area contributed by atoms with Crippen molar-refractivity contribution in [3.63, 3.8) is 0 Å². The summed E-state index contributed by atoms with van der Waals surface area (Å²) in [4.78, 5) is 24.8. The maximum atomic E-state index is 13.9. The SMILES string of the molecule is Cc1ccc(S(=O)(=O)Nc2ccccc2F)cc1C(=O)NCC(=O)Nc1c(C)cccc1C. The summed E-state index contributed by atoms with van der Waals surface area (Å²) in [5.74, 6) is -1.74. The van der Waals surface area contributed by atoms with Gasteiger partial charge in [-0.05, 0) is 61.7 Å². The van der Waals surface area contributed by atoms with Crippen LogP contribution in [0.5, 0.6) is 0 Å². The number of carbonyl (C=O) groups is 2. The van der Waals surface area contributed by atoms with Gasteiger partial charge >= 0.3 is 0 Å². The monoisotopic (exact) mass is 469 g/mol. The summed E-state index contributed by atoms with van der Waals surface area (Å²) in [6.07, 6.45) is 0. The molecule has 3 aromatic rings. The smallest absolute Gasteiger partial charge is 0.262 e. The molecule has 3 N–H and O–H groups in total. The van der Waals surface area contributed by atoms with Crippen molar-refractivity contribution in [2.45, 2.75) is 25.7 Å². The average molecular weight is 470 g/mol. The van der Waals surface area contributed by atoms with Crippen LogP contribution >= 0.6 is 0 Å². The topological polar surface area (TPSA) is 104 Å². The first-order valence-corrected chi connectivity index (χ1v) is 11.6. The van der Waals surface area contributed by atoms with Crippen LogP contribution in [0.2, 0.25) is 0 Å². The van der Waals surface area contributed by atoms with Crippen LogP contribution in [0.1, 0.15) is 27.0 Å². The maximum absolute atomic E-state index is 13.9. The number of hydrogen-bond acceptors (Lipinski definition) is 4. The lowest BCUT2D eigenvalue weighted by Crippen LogP contribution is -2.33. The Balaban J connectivity index is 1.73. The van der Waals surface area contributed by atoms with Gasteiger partial charge in [-0.3, -0.25) is 14.3 Å². The molecule has 9 heteroatoms. The summed E-state index contributed by atoms with van der Waals surface area (Å²) in [5.41, 5.74) is 2.88. The number of hydrogen-bond donors (Lipinski definition) is 3. The second-order valence-electron chi connectivity index (χ2n) is 7.56. The van der Waals surface area contributed by atoms with Crippen molar-refractivity contribution in [2.24, 2.45) is 0 Å². The predicted molar refractivity (Wildman–Crippen MR) is 125 cm³/mol. The molecule has 7 nitrogen and oxygen atoms in total. The molecular formula is C24H24FN3O4S. The lowest BCUT2D eigenvalue weighted by molar-refractivity contribution is -0.115. The molecule has 0 aliphatic carbocycles. The summed E-state index contributed by atoms with van der Waals surface area (Å²) in [6, 6.07) is 15.0. The van der Waals surface area contributed by atoms with Crippen molar-refractivity contribution in [1.29, 1.82) is 0 Å². The Morgan fingerprint density at radius 2 is 1.55 bits per heavy atom. The summed E-state index contributed by atoms with van der Waals surface area (Å²) >= 11 is 0. The summed E-state index contributed by atoms with van der Waals surface area (Å²) in [6.45, 7) is 5.08. The standard InChI is InChI=1S/C24H24FN3O4S/c1-15-11-12-18(33(31,32)28-21-10-5-4-9-20(21)25)13-19(15)24(30)26-14-22(29)27-23-16(2)7-6-8-17(23)3/h4-13,28H,14H2,1-3H3,(H,26,30)(H,27,29). The van der Waals surface area contributed by atoms with E-state index in [1.54, 1.807) is 6.92 Å². The minimum Gasteiger partial charge on any atom is -0.343 e. The van der Waals surface area contributed by atoms with Gasteiger partial charge in [0.15, 0.2) is 0 Å². The van der Waals surface area contributed by atoms with Gasteiger partial charge in [0.25, 0.3) is 15.9 Å². The average Bonchev–Trinajstić information content (AvgIpc) is 2.76. The lowest BCUT2D eigenvalue weighted by atomic mass is 10.1. The quantitative estimate of drug-likeness (QED) is 0.488. The highest BCUT2D eigenvalue weighted by Crippen LogP contribution is 2.22. The maximum Gasteiger partial charge on any atom is 0.262 e. The number of sulfonamides is 1. The van der Waals surface area contributed by atoms with Crippen molar-refractivity contribution >= 4 is 33.2 Å². The molecule has 2 amide bonds. The molecule has 0 aromatic heterocycles. The first kappa shape index (κ1) is 23.9. The van der Waals surface area contributed by atoms with E-state index in [9.17, 15) is 22.4 Å². The van der Waals surface area contributed by atoms with Crippen molar-refractivity contribution in [2.75, 3.05) is 16.6 Å². The molecule has 0 bridgehead atoms. The number of halogens is 1. The fourth-order valence-electron chi connectivity index (χ4n) is 3.21. The van der Waals surface area contributed by atoms with Gasteiger partial charge in [0, 0.05) is 11.3 Å². The molecule has 0 heterocycles. The van der Waals surface area contributed by atoms with E-state index in [0.717, 1.165) is 17.2 Å². The Morgan fingerprint density at radius 3 is 2.21 bits per heavy atom. The summed E-state index contributed by atoms with van der Waals surface area (Å²) < 4.78 is 41.4. The first-order valence-electron chi connectivity index (χ1n) is 10.1. The number of carbonyl (C=O) groups excluding carboxylic acids is 2. The van der Waals surface area contributed by atoms with E-state index >= 15 is 0 Å². The molecule has 172 valence electrons. The number of para-hydroxylation sites is 2. The van der Waals surface area contributed by atoms with E-state index < -0.39 is 27.7 Å². The van der Waals surface area contributed by atoms with Gasteiger partial charge in [-0.25, -0.2) is 12.8 Å². The zero-order valence-electron chi connectivity index (χ0n) is 18.4. The Morgan fingerprint density at radius 1 is 0.879 bits per heavy atom. The third-order valence-electron chi connectivity index (χ3n) is 5.04. The normalized spacial score (nSPS) is 11.0. The third-order valence-corrected chi connectivity index (χ3v) is 6.40. The zero-order valence-corrected chi connectivity index (χ0v) is 19.2. The number of benzene rings is 3. The van der Waals surface area contributed by atoms with Gasteiger partial charge in [0.1, 0.15) is 5.82 Å². The molecule has 0 atom stereocenters. The van der Waals surface area contributed by atoms with Crippen LogP contribution in [-0.2, 0) is 14.8 Å². The summed E-state index contributed by atoms with van der Waals surface area (Å²) in [5, 5.41) is 5.28. The van der Waals surface area contributed by atoms with Crippen LogP contribution in [0, 0.1) is 26.6 Å². The number of amides is 2. The fraction of sp³-hybridized carbons (Fsp3) is 0.167. The molecule has 0 aliphatic heterocycles. The van der Waals surface area contributed by atoms with Crippen LogP contribution in [0.3, 0.4) is 0 Å². The largest absolute Gasteiger partial charge is 0.343 e. The highest BCUT2D eigenvalue weighted by atomic mass is 32.2. The Labute approximate surface area is 192 Å². The van der Waals surface area contributed by atoms with Gasteiger partial charge in [0.2, 0.25) is 5.91 Å². The van der Waals surface area contributed by atoms with E-state index in [2.05, 4.69) is 15.4 Å². The van der Waals surface area contributed by atoms with E-state index in [1.807, 2.05) is 32.0 Å². The van der Waals surface area contributed by atoms with Gasteiger partial charge in [-0.15, -0.1) is 0 Å². The molecule has 0 radical (unpaired) electrons. The van der Waals surface area contributed by atoms with E-state index in [-0.39, 0.29) is 22.7 Å². The number of rotatable bonds is 7. The summed E-state index contributed by atoms with van der Waals surface area (Å²) in [7, 11) is -4.14. The van der Waals surface area contributed by atoms with Crippen molar-refractivity contribution < 1.29 is 22.4 Å². The third kappa shape index (κ3) is 5.75. The van der Waals surface area contributed by atoms with Gasteiger partial charge in [-0.1, -0.05) is 36.4 Å². The Bertz CT molecular complexity index is 1300.